The summed E-state index contributed by atoms with van der Waals surface area (Å²) >= 11 is 0. The van der Waals surface area contributed by atoms with Gasteiger partial charge in [-0.25, -0.2) is 9.37 Å². The largest absolute Gasteiger partial charge is 0.447 e. The molecule has 4 rings (SSSR count). The van der Waals surface area contributed by atoms with Gasteiger partial charge < -0.3 is 14.6 Å². The maximum atomic E-state index is 14.0. The van der Waals surface area contributed by atoms with E-state index in [2.05, 4.69) is 20.3 Å². The van der Waals surface area contributed by atoms with Gasteiger partial charge in [0.25, 0.3) is 5.91 Å². The van der Waals surface area contributed by atoms with Gasteiger partial charge in [0.05, 0.1) is 24.5 Å². The number of nitrogens with zero attached hydrogens (tertiary/aromatic N) is 5. The molecule has 8 nitrogen and oxygen atoms in total. The van der Waals surface area contributed by atoms with Gasteiger partial charge in [-0.1, -0.05) is 12.1 Å². The van der Waals surface area contributed by atoms with Gasteiger partial charge in [-0.05, 0) is 19.1 Å². The molecule has 1 atom stereocenters. The van der Waals surface area contributed by atoms with E-state index in [0.717, 1.165) is 31.7 Å². The Labute approximate surface area is 174 Å². The minimum atomic E-state index is -0.286. The van der Waals surface area contributed by atoms with Crippen molar-refractivity contribution in [2.45, 2.75) is 19.5 Å². The Kier molecular flexibility index (Phi) is 5.80. The fourth-order valence-corrected chi connectivity index (χ4v) is 3.55. The summed E-state index contributed by atoms with van der Waals surface area (Å²) in [6.07, 6.45) is 4.97. The summed E-state index contributed by atoms with van der Waals surface area (Å²) in [5.41, 5.74) is 1.81. The molecule has 1 amide bonds. The molecular weight excluding hydrogens is 387 g/mol. The normalized spacial score (nSPS) is 15.9. The first-order chi connectivity index (χ1) is 14.5. The number of nitrogens with one attached hydrogen (secondary N) is 1. The predicted octanol–water partition coefficient (Wildman–Crippen LogP) is 2.36. The number of rotatable bonds is 6. The molecule has 3 heterocycles. The molecule has 1 aromatic carbocycles. The van der Waals surface area contributed by atoms with Crippen LogP contribution in [0.25, 0.3) is 0 Å². The molecule has 1 saturated heterocycles. The van der Waals surface area contributed by atoms with E-state index in [0.29, 0.717) is 18.1 Å². The van der Waals surface area contributed by atoms with Gasteiger partial charge in [-0.15, -0.1) is 0 Å². The summed E-state index contributed by atoms with van der Waals surface area (Å²) in [4.78, 5) is 21.0. The molecule has 2 aromatic heterocycles. The number of hydrogen-bond acceptors (Lipinski definition) is 6. The number of anilines is 1. The quantitative estimate of drug-likeness (QED) is 0.670. The number of hydrogen-bond donors (Lipinski definition) is 1. The van der Waals surface area contributed by atoms with E-state index in [1.807, 2.05) is 31.1 Å². The van der Waals surface area contributed by atoms with Gasteiger partial charge in [0, 0.05) is 45.0 Å². The maximum absolute atomic E-state index is 14.0. The molecule has 30 heavy (non-hydrogen) atoms. The molecule has 3 aromatic rings. The highest BCUT2D eigenvalue weighted by Crippen LogP contribution is 2.21. The summed E-state index contributed by atoms with van der Waals surface area (Å²) in [6.45, 7) is 5.36. The lowest BCUT2D eigenvalue weighted by molar-refractivity contribution is 0.0934. The van der Waals surface area contributed by atoms with E-state index in [1.165, 1.54) is 12.3 Å². The summed E-state index contributed by atoms with van der Waals surface area (Å²) in [5, 5.41) is 7.02. The molecule has 0 saturated carbocycles. The first-order valence-electron chi connectivity index (χ1n) is 9.95. The highest BCUT2D eigenvalue weighted by atomic mass is 19.1. The van der Waals surface area contributed by atoms with E-state index in [9.17, 15) is 9.18 Å². The van der Waals surface area contributed by atoms with Crippen LogP contribution in [0.1, 0.15) is 34.9 Å². The molecule has 1 aliphatic rings. The highest BCUT2D eigenvalue weighted by molar-refractivity contribution is 5.92. The maximum Gasteiger partial charge on any atom is 0.273 e. The number of benzene rings is 1. The minimum absolute atomic E-state index is 0.183. The number of aromatic nitrogens is 3. The highest BCUT2D eigenvalue weighted by Gasteiger charge is 2.22. The van der Waals surface area contributed by atoms with Crippen molar-refractivity contribution < 1.29 is 13.6 Å². The Bertz CT molecular complexity index is 1010. The van der Waals surface area contributed by atoms with Crippen LogP contribution in [0.3, 0.4) is 0 Å². The first-order valence-corrected chi connectivity index (χ1v) is 9.95. The third-order valence-corrected chi connectivity index (χ3v) is 5.28. The van der Waals surface area contributed by atoms with Crippen LogP contribution in [0.5, 0.6) is 0 Å². The van der Waals surface area contributed by atoms with Gasteiger partial charge in [-0.3, -0.25) is 14.4 Å². The number of para-hydroxylation sites is 1. The first kappa shape index (κ1) is 20.1. The third kappa shape index (κ3) is 4.51. The van der Waals surface area contributed by atoms with Crippen LogP contribution in [-0.4, -0.2) is 51.8 Å². The summed E-state index contributed by atoms with van der Waals surface area (Å²) < 4.78 is 21.2. The Morgan fingerprint density at radius 2 is 2.03 bits per heavy atom. The number of halogens is 1. The third-order valence-electron chi connectivity index (χ3n) is 5.28. The van der Waals surface area contributed by atoms with E-state index in [-0.39, 0.29) is 23.5 Å². The van der Waals surface area contributed by atoms with Crippen LogP contribution in [0.15, 0.2) is 47.3 Å². The fraction of sp³-hybridized carbons (Fsp3) is 0.381. The van der Waals surface area contributed by atoms with Gasteiger partial charge >= 0.3 is 0 Å². The summed E-state index contributed by atoms with van der Waals surface area (Å²) in [6, 6.07) is 6.65. The van der Waals surface area contributed by atoms with Crippen molar-refractivity contribution in [1.82, 2.24) is 25.0 Å². The van der Waals surface area contributed by atoms with Gasteiger partial charge in [-0.2, -0.15) is 5.10 Å². The molecule has 1 aliphatic heterocycles. The van der Waals surface area contributed by atoms with Crippen molar-refractivity contribution in [3.63, 3.8) is 0 Å². The Morgan fingerprint density at radius 1 is 1.27 bits per heavy atom. The Balaban J connectivity index is 1.29. The molecule has 0 radical (unpaired) electrons. The van der Waals surface area contributed by atoms with Gasteiger partial charge in [0.15, 0.2) is 5.69 Å². The molecule has 158 valence electrons. The van der Waals surface area contributed by atoms with E-state index >= 15 is 0 Å². The minimum Gasteiger partial charge on any atom is -0.447 e. The zero-order valence-electron chi connectivity index (χ0n) is 17.1. The zero-order chi connectivity index (χ0) is 21.1. The Hall–Kier alpha value is -3.20. The second kappa shape index (κ2) is 8.66. The average Bonchev–Trinajstić information content (AvgIpc) is 3.38. The van der Waals surface area contributed by atoms with E-state index in [4.69, 9.17) is 4.42 Å². The number of oxazole rings is 1. The zero-order valence-corrected chi connectivity index (χ0v) is 17.1. The molecular formula is C21H25FN6O2. The Morgan fingerprint density at radius 3 is 2.73 bits per heavy atom. The topological polar surface area (TPSA) is 79.4 Å². The van der Waals surface area contributed by atoms with Crippen LogP contribution < -0.4 is 10.2 Å². The smallest absolute Gasteiger partial charge is 0.273 e. The van der Waals surface area contributed by atoms with Crippen LogP contribution in [0, 0.1) is 5.82 Å². The van der Waals surface area contributed by atoms with E-state index < -0.39 is 0 Å². The van der Waals surface area contributed by atoms with Gasteiger partial charge in [0.2, 0.25) is 5.89 Å². The van der Waals surface area contributed by atoms with Crippen LogP contribution in [-0.2, 0) is 13.6 Å². The second-order valence-electron chi connectivity index (χ2n) is 7.48. The lowest BCUT2D eigenvalue weighted by Crippen LogP contribution is -2.46. The molecule has 0 spiro atoms. The molecule has 1 unspecified atom stereocenters. The monoisotopic (exact) mass is 412 g/mol. The van der Waals surface area contributed by atoms with Crippen molar-refractivity contribution in [3.05, 3.63) is 65.9 Å². The van der Waals surface area contributed by atoms with E-state index in [1.54, 1.807) is 23.0 Å². The number of carbonyl (C=O) groups is 1. The van der Waals surface area contributed by atoms with Crippen LogP contribution in [0.4, 0.5) is 10.1 Å². The lowest BCUT2D eigenvalue weighted by Gasteiger charge is -2.35. The van der Waals surface area contributed by atoms with Crippen molar-refractivity contribution >= 4 is 11.6 Å². The fourth-order valence-electron chi connectivity index (χ4n) is 3.55. The average molecular weight is 412 g/mol. The molecule has 0 aliphatic carbocycles. The SMILES string of the molecule is CC(NC(=O)c1coc(CN2CCN(c3ccccc3F)CC2)n1)c1cnn(C)c1. The number of carbonyl (C=O) groups excluding carboxylic acids is 1. The van der Waals surface area contributed by atoms with Gasteiger partial charge in [0.1, 0.15) is 12.1 Å². The summed E-state index contributed by atoms with van der Waals surface area (Å²) in [5.74, 6) is 0.00839. The van der Waals surface area contributed by atoms with Crippen molar-refractivity contribution in [2.24, 2.45) is 7.05 Å². The van der Waals surface area contributed by atoms with Crippen molar-refractivity contribution in [3.8, 4) is 0 Å². The number of piperazine rings is 1. The van der Waals surface area contributed by atoms with Crippen LogP contribution >= 0.6 is 0 Å². The van der Waals surface area contributed by atoms with Crippen LogP contribution in [0.2, 0.25) is 0 Å². The molecule has 0 bridgehead atoms. The number of amides is 1. The molecule has 1 fully saturated rings. The standard InChI is InChI=1S/C21H25FN6O2/c1-15(16-11-23-26(2)12-16)24-21(29)18-14-30-20(25-18)13-27-7-9-28(10-8-27)19-6-4-3-5-17(19)22/h3-6,11-12,14-15H,7-10,13H2,1-2H3,(H,24,29). The predicted molar refractivity (Wildman–Crippen MR) is 109 cm³/mol. The van der Waals surface area contributed by atoms with Crippen molar-refractivity contribution in [2.75, 3.05) is 31.1 Å². The second-order valence-corrected chi connectivity index (χ2v) is 7.48. The molecule has 9 heteroatoms. The van der Waals surface area contributed by atoms with Crippen molar-refractivity contribution in [1.29, 1.82) is 0 Å². The molecule has 1 N–H and O–H groups in total. The number of aryl methyl sites for hydroxylation is 1. The lowest BCUT2D eigenvalue weighted by atomic mass is 10.2. The summed E-state index contributed by atoms with van der Waals surface area (Å²) in [7, 11) is 1.83.